The molecule has 1 N–H and O–H groups in total. The van der Waals surface area contributed by atoms with Gasteiger partial charge in [-0.15, -0.1) is 0 Å². The van der Waals surface area contributed by atoms with Gasteiger partial charge in [0.05, 0.1) is 7.11 Å². The zero-order valence-corrected chi connectivity index (χ0v) is 11.4. The first-order valence-electron chi connectivity index (χ1n) is 5.86. The Morgan fingerprint density at radius 3 is 2.53 bits per heavy atom. The van der Waals surface area contributed by atoms with E-state index in [1.807, 2.05) is 4.90 Å². The molecule has 1 saturated heterocycles. The minimum absolute atomic E-state index is 0.389. The van der Waals surface area contributed by atoms with Gasteiger partial charge in [0.15, 0.2) is 5.11 Å². The summed E-state index contributed by atoms with van der Waals surface area (Å²) < 4.78 is 4.51. The zero-order valence-electron chi connectivity index (χ0n) is 10.6. The quantitative estimate of drug-likeness (QED) is 0.739. The molecule has 0 spiro atoms. The van der Waals surface area contributed by atoms with Crippen LogP contribution in [-0.4, -0.2) is 59.4 Å². The van der Waals surface area contributed by atoms with Gasteiger partial charge >= 0.3 is 6.09 Å². The molecule has 0 radical (unpaired) electrons. The molecule has 2 heterocycles. The second-order valence-corrected chi connectivity index (χ2v) is 4.33. The van der Waals surface area contributed by atoms with Crippen molar-refractivity contribution in [1.82, 2.24) is 20.2 Å². The van der Waals surface area contributed by atoms with Gasteiger partial charge in [-0.25, -0.2) is 14.8 Å². The number of piperazine rings is 1. The Morgan fingerprint density at radius 1 is 1.32 bits per heavy atom. The van der Waals surface area contributed by atoms with Crippen LogP contribution in [0.4, 0.5) is 10.7 Å². The van der Waals surface area contributed by atoms with E-state index in [9.17, 15) is 4.79 Å². The smallest absolute Gasteiger partial charge is 0.413 e. The topological polar surface area (TPSA) is 70.6 Å². The molecular formula is C11H15N5O2S. The van der Waals surface area contributed by atoms with Crippen LogP contribution in [0.2, 0.25) is 0 Å². The Bertz CT molecular complexity index is 448. The highest BCUT2D eigenvalue weighted by Gasteiger charge is 2.21. The van der Waals surface area contributed by atoms with Crippen LogP contribution in [0.25, 0.3) is 0 Å². The number of carbonyl (C=O) groups is 1. The van der Waals surface area contributed by atoms with Crippen molar-refractivity contribution >= 4 is 29.4 Å². The Hall–Kier alpha value is -1.96. The highest BCUT2D eigenvalue weighted by Crippen LogP contribution is 2.09. The fourth-order valence-electron chi connectivity index (χ4n) is 1.78. The molecule has 0 aromatic carbocycles. The van der Waals surface area contributed by atoms with Crippen LogP contribution in [0.3, 0.4) is 0 Å². The number of ether oxygens (including phenoxy) is 1. The monoisotopic (exact) mass is 281 g/mol. The van der Waals surface area contributed by atoms with E-state index < -0.39 is 6.09 Å². The molecule has 1 aliphatic heterocycles. The van der Waals surface area contributed by atoms with Gasteiger partial charge in [-0.2, -0.15) is 0 Å². The summed E-state index contributed by atoms with van der Waals surface area (Å²) in [6.45, 7) is 2.93. The fraction of sp³-hybridized carbons (Fsp3) is 0.455. The van der Waals surface area contributed by atoms with E-state index in [4.69, 9.17) is 12.2 Å². The number of thiocarbonyl (C=S) groups is 1. The van der Waals surface area contributed by atoms with E-state index in [-0.39, 0.29) is 0 Å². The minimum atomic E-state index is -0.543. The number of aromatic nitrogens is 2. The summed E-state index contributed by atoms with van der Waals surface area (Å²) >= 11 is 5.14. The molecule has 102 valence electrons. The van der Waals surface area contributed by atoms with E-state index in [1.54, 1.807) is 18.5 Å². The number of hydrogen-bond donors (Lipinski definition) is 1. The van der Waals surface area contributed by atoms with E-state index in [1.165, 1.54) is 7.11 Å². The van der Waals surface area contributed by atoms with Crippen molar-refractivity contribution in [3.8, 4) is 0 Å². The zero-order chi connectivity index (χ0) is 13.7. The van der Waals surface area contributed by atoms with E-state index in [0.717, 1.165) is 13.1 Å². The summed E-state index contributed by atoms with van der Waals surface area (Å²) in [7, 11) is 1.31. The molecule has 2 rings (SSSR count). The van der Waals surface area contributed by atoms with Crippen molar-refractivity contribution < 1.29 is 9.53 Å². The first kappa shape index (κ1) is 13.5. The van der Waals surface area contributed by atoms with E-state index >= 15 is 0 Å². The molecule has 0 bridgehead atoms. The minimum Gasteiger partial charge on any atom is -0.453 e. The number of rotatable bonds is 1. The molecule has 0 aliphatic carbocycles. The lowest BCUT2D eigenvalue weighted by Crippen LogP contribution is -2.53. The Labute approximate surface area is 116 Å². The lowest BCUT2D eigenvalue weighted by atomic mass is 10.3. The number of methoxy groups -OCH3 is 1. The van der Waals surface area contributed by atoms with Crippen LogP contribution in [0.15, 0.2) is 18.5 Å². The third-order valence-electron chi connectivity index (χ3n) is 2.80. The van der Waals surface area contributed by atoms with Crippen molar-refractivity contribution in [3.63, 3.8) is 0 Å². The third kappa shape index (κ3) is 3.50. The lowest BCUT2D eigenvalue weighted by Gasteiger charge is -2.35. The maximum Gasteiger partial charge on any atom is 0.413 e. The first-order valence-corrected chi connectivity index (χ1v) is 6.27. The number of anilines is 1. The van der Waals surface area contributed by atoms with E-state index in [0.29, 0.717) is 24.2 Å². The summed E-state index contributed by atoms with van der Waals surface area (Å²) in [6, 6.07) is 1.79. The molecule has 1 fully saturated rings. The molecule has 19 heavy (non-hydrogen) atoms. The highest BCUT2D eigenvalue weighted by molar-refractivity contribution is 7.80. The number of alkyl carbamates (subject to hydrolysis) is 1. The largest absolute Gasteiger partial charge is 0.453 e. The molecule has 1 aliphatic rings. The number of hydrogen-bond acceptors (Lipinski definition) is 6. The van der Waals surface area contributed by atoms with Gasteiger partial charge in [0.2, 0.25) is 5.95 Å². The van der Waals surface area contributed by atoms with E-state index in [2.05, 4.69) is 24.9 Å². The van der Waals surface area contributed by atoms with Crippen LogP contribution in [-0.2, 0) is 4.74 Å². The van der Waals surface area contributed by atoms with Crippen molar-refractivity contribution in [2.45, 2.75) is 0 Å². The van der Waals surface area contributed by atoms with Gasteiger partial charge in [0.25, 0.3) is 0 Å². The Kier molecular flexibility index (Phi) is 4.45. The molecule has 0 atom stereocenters. The average Bonchev–Trinajstić information content (AvgIpc) is 2.48. The van der Waals surface area contributed by atoms with Crippen LogP contribution >= 0.6 is 12.2 Å². The average molecular weight is 281 g/mol. The van der Waals surface area contributed by atoms with Crippen LogP contribution in [0.5, 0.6) is 0 Å². The molecule has 1 amide bonds. The maximum absolute atomic E-state index is 11.1. The fourth-order valence-corrected chi connectivity index (χ4v) is 2.05. The standard InChI is InChI=1S/C11H15N5O2S/c1-18-11(17)14-10(19)16-7-5-15(6-8-16)9-12-3-2-4-13-9/h2-4H,5-8H2,1H3,(H,14,17,19). The van der Waals surface area contributed by atoms with Crippen LogP contribution in [0, 0.1) is 0 Å². The summed E-state index contributed by atoms with van der Waals surface area (Å²) in [5.41, 5.74) is 0. The number of nitrogens with zero attached hydrogens (tertiary/aromatic N) is 4. The Morgan fingerprint density at radius 2 is 1.95 bits per heavy atom. The molecule has 7 nitrogen and oxygen atoms in total. The van der Waals surface area contributed by atoms with Gasteiger partial charge in [-0.3, -0.25) is 5.32 Å². The summed E-state index contributed by atoms with van der Waals surface area (Å²) in [5.74, 6) is 0.717. The highest BCUT2D eigenvalue weighted by atomic mass is 32.1. The van der Waals surface area contributed by atoms with Crippen molar-refractivity contribution in [3.05, 3.63) is 18.5 Å². The SMILES string of the molecule is COC(=O)NC(=S)N1CCN(c2ncccn2)CC1. The lowest BCUT2D eigenvalue weighted by molar-refractivity contribution is 0.175. The van der Waals surface area contributed by atoms with Crippen LogP contribution in [0.1, 0.15) is 0 Å². The van der Waals surface area contributed by atoms with Gasteiger partial charge in [-0.1, -0.05) is 0 Å². The second kappa shape index (κ2) is 6.28. The van der Waals surface area contributed by atoms with Gasteiger partial charge < -0.3 is 14.5 Å². The number of nitrogens with one attached hydrogen (secondary N) is 1. The molecular weight excluding hydrogens is 266 g/mol. The second-order valence-electron chi connectivity index (χ2n) is 3.94. The molecule has 0 saturated carbocycles. The van der Waals surface area contributed by atoms with Crippen molar-refractivity contribution in [1.29, 1.82) is 0 Å². The summed E-state index contributed by atoms with van der Waals surface area (Å²) in [5, 5.41) is 2.89. The predicted octanol–water partition coefficient (Wildman–Crippen LogP) is 0.239. The molecule has 0 unspecified atom stereocenters. The molecule has 1 aromatic heterocycles. The summed E-state index contributed by atoms with van der Waals surface area (Å²) in [4.78, 5) is 23.5. The maximum atomic E-state index is 11.1. The number of carbonyl (C=O) groups excluding carboxylic acids is 1. The summed E-state index contributed by atoms with van der Waals surface area (Å²) in [6.07, 6.45) is 2.90. The predicted molar refractivity (Wildman–Crippen MR) is 74.0 cm³/mol. The van der Waals surface area contributed by atoms with Gasteiger partial charge in [-0.05, 0) is 18.3 Å². The van der Waals surface area contributed by atoms with Gasteiger partial charge in [0, 0.05) is 38.6 Å². The molecule has 8 heteroatoms. The Balaban J connectivity index is 1.86. The molecule has 1 aromatic rings. The van der Waals surface area contributed by atoms with Crippen LogP contribution < -0.4 is 10.2 Å². The first-order chi connectivity index (χ1) is 9.20. The van der Waals surface area contributed by atoms with Crippen molar-refractivity contribution in [2.75, 3.05) is 38.2 Å². The van der Waals surface area contributed by atoms with Gasteiger partial charge in [0.1, 0.15) is 0 Å². The van der Waals surface area contributed by atoms with Crippen molar-refractivity contribution in [2.24, 2.45) is 0 Å². The third-order valence-corrected chi connectivity index (χ3v) is 3.16. The number of amides is 1. The normalized spacial score (nSPS) is 15.0.